The van der Waals surface area contributed by atoms with Crippen LogP contribution in [0.2, 0.25) is 0 Å². The molecule has 0 bridgehead atoms. The number of fused-ring (bicyclic) bond motifs is 1. The lowest BCUT2D eigenvalue weighted by atomic mass is 10.2. The van der Waals surface area contributed by atoms with Crippen molar-refractivity contribution < 1.29 is 17.7 Å². The molecule has 25 heavy (non-hydrogen) atoms. The number of nitrogens with two attached hydrogens (primary N) is 1. The molecule has 0 aliphatic heterocycles. The highest BCUT2D eigenvalue weighted by Crippen LogP contribution is 2.09. The van der Waals surface area contributed by atoms with Crippen LogP contribution in [0.15, 0.2) is 33.4 Å². The second-order valence-corrected chi connectivity index (χ2v) is 7.13. The predicted octanol–water partition coefficient (Wildman–Crippen LogP) is -3.31. The van der Waals surface area contributed by atoms with Crippen LogP contribution in [0.1, 0.15) is 11.8 Å². The van der Waals surface area contributed by atoms with E-state index in [1.54, 1.807) is 24.7 Å². The summed E-state index contributed by atoms with van der Waals surface area (Å²) in [6.07, 6.45) is 2.68. The first-order chi connectivity index (χ1) is 11.5. The number of aryl methyl sites for hydroxylation is 1. The van der Waals surface area contributed by atoms with Crippen LogP contribution in [0.25, 0.3) is 11.2 Å². The number of thiophene rings is 1. The zero-order valence-electron chi connectivity index (χ0n) is 14.5. The molecular formula is C16H22ClN5O2S. The highest BCUT2D eigenvalue weighted by Gasteiger charge is 2.14. The summed E-state index contributed by atoms with van der Waals surface area (Å²) in [4.78, 5) is 29.9. The summed E-state index contributed by atoms with van der Waals surface area (Å²) in [5.41, 5.74) is 0.278. The van der Waals surface area contributed by atoms with Crippen LogP contribution in [-0.4, -0.2) is 31.3 Å². The Morgan fingerprint density at radius 1 is 1.28 bits per heavy atom. The zero-order valence-corrected chi connectivity index (χ0v) is 16.0. The summed E-state index contributed by atoms with van der Waals surface area (Å²) < 4.78 is 4.38. The molecule has 0 aliphatic rings. The largest absolute Gasteiger partial charge is 1.00 e. The van der Waals surface area contributed by atoms with Crippen molar-refractivity contribution in [1.82, 2.24) is 18.7 Å². The first kappa shape index (κ1) is 19.4. The number of rotatable bonds is 6. The molecule has 1 unspecified atom stereocenters. The Morgan fingerprint density at radius 3 is 2.72 bits per heavy atom. The van der Waals surface area contributed by atoms with Crippen LogP contribution in [-0.2, 0) is 27.1 Å². The first-order valence-corrected chi connectivity index (χ1v) is 8.83. The second-order valence-electron chi connectivity index (χ2n) is 6.10. The Bertz CT molecular complexity index is 957. The van der Waals surface area contributed by atoms with E-state index in [0.29, 0.717) is 23.8 Å². The molecule has 2 N–H and O–H groups in total. The SMILES string of the molecule is CC(Cc1cccs1)[NH2+]CCn1cnc2c1c(=O)n(C)c(=O)n2C.[Cl-]. The van der Waals surface area contributed by atoms with E-state index in [1.807, 2.05) is 4.57 Å². The van der Waals surface area contributed by atoms with Crippen molar-refractivity contribution in [2.75, 3.05) is 6.54 Å². The van der Waals surface area contributed by atoms with Crippen molar-refractivity contribution >= 4 is 22.5 Å². The molecule has 3 heterocycles. The summed E-state index contributed by atoms with van der Waals surface area (Å²) in [6.45, 7) is 3.73. The summed E-state index contributed by atoms with van der Waals surface area (Å²) in [5.74, 6) is 0. The van der Waals surface area contributed by atoms with E-state index in [9.17, 15) is 9.59 Å². The molecule has 0 saturated heterocycles. The lowest BCUT2D eigenvalue weighted by molar-refractivity contribution is -0.686. The Kier molecular flexibility index (Phi) is 6.21. The number of aromatic nitrogens is 4. The summed E-state index contributed by atoms with van der Waals surface area (Å²) >= 11 is 1.78. The average molecular weight is 384 g/mol. The molecule has 136 valence electrons. The number of nitrogens with zero attached hydrogens (tertiary/aromatic N) is 4. The van der Waals surface area contributed by atoms with Gasteiger partial charge in [-0.1, -0.05) is 6.07 Å². The van der Waals surface area contributed by atoms with Gasteiger partial charge >= 0.3 is 5.69 Å². The average Bonchev–Trinajstić information content (AvgIpc) is 3.20. The minimum atomic E-state index is -0.353. The van der Waals surface area contributed by atoms with Crippen LogP contribution >= 0.6 is 11.3 Å². The maximum absolute atomic E-state index is 12.4. The molecule has 0 aromatic carbocycles. The van der Waals surface area contributed by atoms with Crippen molar-refractivity contribution in [2.24, 2.45) is 14.1 Å². The number of halogens is 1. The minimum absolute atomic E-state index is 0. The molecular weight excluding hydrogens is 362 g/mol. The van der Waals surface area contributed by atoms with Gasteiger partial charge in [-0.15, -0.1) is 11.3 Å². The van der Waals surface area contributed by atoms with Gasteiger partial charge in [-0.25, -0.2) is 9.78 Å². The van der Waals surface area contributed by atoms with Gasteiger partial charge < -0.3 is 22.3 Å². The third-order valence-electron chi connectivity index (χ3n) is 4.26. The van der Waals surface area contributed by atoms with E-state index in [2.05, 4.69) is 34.7 Å². The quantitative estimate of drug-likeness (QED) is 0.484. The normalized spacial score (nSPS) is 12.3. The third-order valence-corrected chi connectivity index (χ3v) is 5.16. The van der Waals surface area contributed by atoms with Crippen LogP contribution in [0, 0.1) is 0 Å². The zero-order chi connectivity index (χ0) is 17.3. The van der Waals surface area contributed by atoms with Crippen molar-refractivity contribution in [3.05, 3.63) is 49.6 Å². The predicted molar refractivity (Wildman–Crippen MR) is 94.5 cm³/mol. The third kappa shape index (κ3) is 3.86. The Balaban J connectivity index is 0.00000225. The Hall–Kier alpha value is -1.90. The number of quaternary nitrogens is 1. The van der Waals surface area contributed by atoms with Crippen LogP contribution in [0.4, 0.5) is 0 Å². The van der Waals surface area contributed by atoms with Gasteiger partial charge in [0.25, 0.3) is 5.56 Å². The highest BCUT2D eigenvalue weighted by molar-refractivity contribution is 7.09. The van der Waals surface area contributed by atoms with Crippen molar-refractivity contribution in [3.8, 4) is 0 Å². The molecule has 9 heteroatoms. The van der Waals surface area contributed by atoms with Gasteiger partial charge in [0.05, 0.1) is 25.5 Å². The molecule has 0 amide bonds. The highest BCUT2D eigenvalue weighted by atomic mass is 35.5. The van der Waals surface area contributed by atoms with E-state index in [-0.39, 0.29) is 23.7 Å². The fraction of sp³-hybridized carbons (Fsp3) is 0.438. The van der Waals surface area contributed by atoms with Gasteiger partial charge in [-0.05, 0) is 18.4 Å². The van der Waals surface area contributed by atoms with E-state index in [0.717, 1.165) is 17.5 Å². The molecule has 3 aromatic heterocycles. The van der Waals surface area contributed by atoms with Gasteiger partial charge in [0, 0.05) is 25.4 Å². The van der Waals surface area contributed by atoms with Gasteiger partial charge in [0.2, 0.25) is 0 Å². The van der Waals surface area contributed by atoms with E-state index < -0.39 is 0 Å². The number of hydrogen-bond acceptors (Lipinski definition) is 4. The molecule has 0 radical (unpaired) electrons. The fourth-order valence-electron chi connectivity index (χ4n) is 2.89. The second kappa shape index (κ2) is 7.99. The number of imidazole rings is 1. The van der Waals surface area contributed by atoms with Gasteiger partial charge in [-0.2, -0.15) is 0 Å². The fourth-order valence-corrected chi connectivity index (χ4v) is 3.74. The summed E-state index contributed by atoms with van der Waals surface area (Å²) in [7, 11) is 3.13. The van der Waals surface area contributed by atoms with E-state index in [1.165, 1.54) is 16.5 Å². The topological polar surface area (TPSA) is 78.4 Å². The van der Waals surface area contributed by atoms with Gasteiger partial charge in [-0.3, -0.25) is 13.9 Å². The van der Waals surface area contributed by atoms with Crippen LogP contribution < -0.4 is 29.0 Å². The van der Waals surface area contributed by atoms with E-state index >= 15 is 0 Å². The maximum Gasteiger partial charge on any atom is 0.332 e. The summed E-state index contributed by atoms with van der Waals surface area (Å²) in [6, 6.07) is 4.71. The summed E-state index contributed by atoms with van der Waals surface area (Å²) in [5, 5.41) is 4.37. The Labute approximate surface area is 155 Å². The molecule has 0 saturated carbocycles. The van der Waals surface area contributed by atoms with Crippen LogP contribution in [0.3, 0.4) is 0 Å². The molecule has 3 aromatic rings. The molecule has 7 nitrogen and oxygen atoms in total. The lowest BCUT2D eigenvalue weighted by Gasteiger charge is -2.10. The maximum atomic E-state index is 12.4. The molecule has 3 rings (SSSR count). The van der Waals surface area contributed by atoms with Crippen molar-refractivity contribution in [3.63, 3.8) is 0 Å². The molecule has 0 fully saturated rings. The smallest absolute Gasteiger partial charge is 0.332 e. The van der Waals surface area contributed by atoms with Crippen molar-refractivity contribution in [1.29, 1.82) is 0 Å². The molecule has 0 aliphatic carbocycles. The minimum Gasteiger partial charge on any atom is -1.00 e. The van der Waals surface area contributed by atoms with Crippen LogP contribution in [0.5, 0.6) is 0 Å². The van der Waals surface area contributed by atoms with Gasteiger partial charge in [0.15, 0.2) is 11.2 Å². The monoisotopic (exact) mass is 383 g/mol. The standard InChI is InChI=1S/C16H21N5O2S.ClH/c1-11(9-12-5-4-8-24-12)17-6-7-21-10-18-14-13(21)15(22)20(3)16(23)19(14)2;/h4-5,8,10-11,17H,6-7,9H2,1-3H3;1H. The molecule has 0 spiro atoms. The Morgan fingerprint density at radius 2 is 2.04 bits per heavy atom. The van der Waals surface area contributed by atoms with Crippen molar-refractivity contribution in [2.45, 2.75) is 25.9 Å². The van der Waals surface area contributed by atoms with Gasteiger partial charge in [0.1, 0.15) is 0 Å². The first-order valence-electron chi connectivity index (χ1n) is 7.95. The lowest BCUT2D eigenvalue weighted by Crippen LogP contribution is -3.00. The number of hydrogen-bond donors (Lipinski definition) is 1. The van der Waals surface area contributed by atoms with E-state index in [4.69, 9.17) is 0 Å². The molecule has 1 atom stereocenters.